The molecule has 0 spiro atoms. The van der Waals surface area contributed by atoms with Gasteiger partial charge in [-0.3, -0.25) is 4.79 Å². The van der Waals surface area contributed by atoms with Crippen molar-refractivity contribution in [3.05, 3.63) is 22.7 Å². The van der Waals surface area contributed by atoms with Crippen molar-refractivity contribution in [2.75, 3.05) is 5.32 Å². The number of nitrogens with two attached hydrogens (primary N) is 2. The standard InChI is InChI=1S/C11H16BrN3O3S/c1-6(2)10(13)11(16)15-9-4-3-7(5-8(9)12)19(14,17)18/h3-6,10H,13H2,1-2H3,(H,15,16)(H2,14,17,18)/t10-/m0/s1. The lowest BCUT2D eigenvalue weighted by Gasteiger charge is -2.16. The van der Waals surface area contributed by atoms with Crippen LogP contribution in [0.1, 0.15) is 13.8 Å². The Bertz CT molecular complexity index is 587. The predicted molar refractivity (Wildman–Crippen MR) is 77.0 cm³/mol. The van der Waals surface area contributed by atoms with Gasteiger partial charge >= 0.3 is 0 Å². The third-order valence-electron chi connectivity index (χ3n) is 2.55. The van der Waals surface area contributed by atoms with Gasteiger partial charge in [0.05, 0.1) is 16.6 Å². The number of benzene rings is 1. The monoisotopic (exact) mass is 349 g/mol. The molecule has 6 nitrogen and oxygen atoms in total. The summed E-state index contributed by atoms with van der Waals surface area (Å²) in [7, 11) is -3.77. The van der Waals surface area contributed by atoms with E-state index in [-0.39, 0.29) is 16.7 Å². The van der Waals surface area contributed by atoms with Crippen LogP contribution in [-0.4, -0.2) is 20.4 Å². The highest BCUT2D eigenvalue weighted by atomic mass is 79.9. The summed E-state index contributed by atoms with van der Waals surface area (Å²) in [6, 6.07) is 3.46. The number of carbonyl (C=O) groups is 1. The first-order valence-corrected chi connectivity index (χ1v) is 7.85. The van der Waals surface area contributed by atoms with Crippen molar-refractivity contribution < 1.29 is 13.2 Å². The molecular weight excluding hydrogens is 334 g/mol. The van der Waals surface area contributed by atoms with Crippen LogP contribution in [0.2, 0.25) is 0 Å². The Morgan fingerprint density at radius 1 is 1.37 bits per heavy atom. The third kappa shape index (κ3) is 4.27. The minimum absolute atomic E-state index is 0.00229. The molecule has 1 aromatic carbocycles. The van der Waals surface area contributed by atoms with E-state index in [2.05, 4.69) is 21.2 Å². The molecule has 0 aromatic heterocycles. The molecule has 0 heterocycles. The normalized spacial score (nSPS) is 13.4. The van der Waals surface area contributed by atoms with Gasteiger partial charge < -0.3 is 11.1 Å². The second kappa shape index (κ2) is 6.00. The van der Waals surface area contributed by atoms with Crippen molar-refractivity contribution in [2.45, 2.75) is 24.8 Å². The Kier molecular flexibility index (Phi) is 5.08. The van der Waals surface area contributed by atoms with Crippen molar-refractivity contribution in [1.82, 2.24) is 0 Å². The fourth-order valence-corrected chi connectivity index (χ4v) is 2.46. The molecule has 0 aliphatic heterocycles. The first-order chi connectivity index (χ1) is 8.62. The van der Waals surface area contributed by atoms with Crippen molar-refractivity contribution in [2.24, 2.45) is 16.8 Å². The van der Waals surface area contributed by atoms with Gasteiger partial charge in [-0.15, -0.1) is 0 Å². The van der Waals surface area contributed by atoms with E-state index >= 15 is 0 Å². The van der Waals surface area contributed by atoms with Crippen LogP contribution in [-0.2, 0) is 14.8 Å². The minimum Gasteiger partial charge on any atom is -0.324 e. The molecular formula is C11H16BrN3O3S. The molecule has 1 amide bonds. The van der Waals surface area contributed by atoms with Crippen LogP contribution in [0.4, 0.5) is 5.69 Å². The van der Waals surface area contributed by atoms with E-state index in [1.54, 1.807) is 0 Å². The van der Waals surface area contributed by atoms with Gasteiger partial charge in [0.1, 0.15) is 0 Å². The third-order valence-corrected chi connectivity index (χ3v) is 4.12. The molecule has 0 saturated carbocycles. The van der Waals surface area contributed by atoms with Gasteiger partial charge in [0, 0.05) is 4.47 Å². The Balaban J connectivity index is 2.96. The number of hydrogen-bond donors (Lipinski definition) is 3. The number of primary sulfonamides is 1. The molecule has 19 heavy (non-hydrogen) atoms. The molecule has 1 rings (SSSR count). The molecule has 1 aromatic rings. The van der Waals surface area contributed by atoms with E-state index in [1.165, 1.54) is 18.2 Å². The van der Waals surface area contributed by atoms with Crippen LogP contribution in [0.25, 0.3) is 0 Å². The fourth-order valence-electron chi connectivity index (χ4n) is 1.29. The summed E-state index contributed by atoms with van der Waals surface area (Å²) in [5, 5.41) is 7.63. The summed E-state index contributed by atoms with van der Waals surface area (Å²) in [4.78, 5) is 11.8. The highest BCUT2D eigenvalue weighted by molar-refractivity contribution is 9.10. The maximum absolute atomic E-state index is 11.8. The van der Waals surface area contributed by atoms with E-state index in [0.29, 0.717) is 10.2 Å². The Morgan fingerprint density at radius 3 is 2.37 bits per heavy atom. The molecule has 0 saturated heterocycles. The van der Waals surface area contributed by atoms with Crippen LogP contribution < -0.4 is 16.2 Å². The van der Waals surface area contributed by atoms with Gasteiger partial charge in [-0.1, -0.05) is 13.8 Å². The quantitative estimate of drug-likeness (QED) is 0.752. The van der Waals surface area contributed by atoms with E-state index in [1.807, 2.05) is 13.8 Å². The van der Waals surface area contributed by atoms with E-state index in [0.717, 1.165) is 0 Å². The number of sulfonamides is 1. The van der Waals surface area contributed by atoms with Crippen molar-refractivity contribution in [3.63, 3.8) is 0 Å². The molecule has 106 valence electrons. The first kappa shape index (κ1) is 16.1. The van der Waals surface area contributed by atoms with Crippen molar-refractivity contribution in [3.8, 4) is 0 Å². The number of hydrogen-bond acceptors (Lipinski definition) is 4. The summed E-state index contributed by atoms with van der Waals surface area (Å²) in [6.07, 6.45) is 0. The average Bonchev–Trinajstić information content (AvgIpc) is 2.29. The second-order valence-corrected chi connectivity index (χ2v) is 6.86. The molecule has 8 heteroatoms. The Labute approximate surface area is 120 Å². The topological polar surface area (TPSA) is 115 Å². The lowest BCUT2D eigenvalue weighted by molar-refractivity contribution is -0.118. The van der Waals surface area contributed by atoms with E-state index in [4.69, 9.17) is 10.9 Å². The first-order valence-electron chi connectivity index (χ1n) is 5.51. The van der Waals surface area contributed by atoms with Gasteiger partial charge in [0.2, 0.25) is 15.9 Å². The Morgan fingerprint density at radius 2 is 1.95 bits per heavy atom. The van der Waals surface area contributed by atoms with Gasteiger partial charge in [0.25, 0.3) is 0 Å². The van der Waals surface area contributed by atoms with Crippen LogP contribution in [0.15, 0.2) is 27.6 Å². The zero-order valence-electron chi connectivity index (χ0n) is 10.6. The summed E-state index contributed by atoms with van der Waals surface area (Å²) in [5.74, 6) is -0.332. The lowest BCUT2D eigenvalue weighted by atomic mass is 10.1. The second-order valence-electron chi connectivity index (χ2n) is 4.45. The predicted octanol–water partition coefficient (Wildman–Crippen LogP) is 1.02. The molecule has 5 N–H and O–H groups in total. The zero-order chi connectivity index (χ0) is 14.8. The molecule has 0 aliphatic carbocycles. The molecule has 1 atom stereocenters. The zero-order valence-corrected chi connectivity index (χ0v) is 13.0. The van der Waals surface area contributed by atoms with Gasteiger partial charge in [-0.05, 0) is 40.0 Å². The largest absolute Gasteiger partial charge is 0.324 e. The van der Waals surface area contributed by atoms with Crippen LogP contribution >= 0.6 is 15.9 Å². The average molecular weight is 350 g/mol. The molecule has 0 radical (unpaired) electrons. The number of rotatable bonds is 4. The number of halogens is 1. The number of nitrogens with one attached hydrogen (secondary N) is 1. The molecule has 0 aliphatic rings. The molecule has 0 fully saturated rings. The maximum Gasteiger partial charge on any atom is 0.241 e. The van der Waals surface area contributed by atoms with Gasteiger partial charge in [-0.2, -0.15) is 0 Å². The number of carbonyl (C=O) groups excluding carboxylic acids is 1. The van der Waals surface area contributed by atoms with Gasteiger partial charge in [0.15, 0.2) is 0 Å². The van der Waals surface area contributed by atoms with E-state index in [9.17, 15) is 13.2 Å². The highest BCUT2D eigenvalue weighted by Crippen LogP contribution is 2.25. The van der Waals surface area contributed by atoms with Gasteiger partial charge in [-0.25, -0.2) is 13.6 Å². The number of amides is 1. The van der Waals surface area contributed by atoms with Crippen LogP contribution in [0.5, 0.6) is 0 Å². The fraction of sp³-hybridized carbons (Fsp3) is 0.364. The lowest BCUT2D eigenvalue weighted by Crippen LogP contribution is -2.39. The SMILES string of the molecule is CC(C)[C@H](N)C(=O)Nc1ccc(S(N)(=O)=O)cc1Br. The summed E-state index contributed by atoms with van der Waals surface area (Å²) < 4.78 is 22.8. The number of anilines is 1. The van der Waals surface area contributed by atoms with E-state index < -0.39 is 16.1 Å². The van der Waals surface area contributed by atoms with Crippen LogP contribution in [0.3, 0.4) is 0 Å². The summed E-state index contributed by atoms with van der Waals surface area (Å²) in [6.45, 7) is 3.67. The summed E-state index contributed by atoms with van der Waals surface area (Å²) >= 11 is 3.18. The van der Waals surface area contributed by atoms with Crippen LogP contribution in [0, 0.1) is 5.92 Å². The Hall–Kier alpha value is -0.960. The van der Waals surface area contributed by atoms with Crippen molar-refractivity contribution in [1.29, 1.82) is 0 Å². The molecule has 0 bridgehead atoms. The highest BCUT2D eigenvalue weighted by Gasteiger charge is 2.18. The minimum atomic E-state index is -3.77. The summed E-state index contributed by atoms with van der Waals surface area (Å²) in [5.41, 5.74) is 6.15. The molecule has 0 unspecified atom stereocenters. The van der Waals surface area contributed by atoms with Crippen molar-refractivity contribution >= 4 is 37.5 Å². The smallest absolute Gasteiger partial charge is 0.241 e. The maximum atomic E-state index is 11.8.